The number of rotatable bonds is 5. The van der Waals surface area contributed by atoms with Crippen molar-refractivity contribution in [3.05, 3.63) is 33.5 Å². The van der Waals surface area contributed by atoms with Gasteiger partial charge in [-0.05, 0) is 25.4 Å². The van der Waals surface area contributed by atoms with Crippen LogP contribution in [0.15, 0.2) is 23.7 Å². The highest BCUT2D eigenvalue weighted by Crippen LogP contribution is 2.30. The van der Waals surface area contributed by atoms with Crippen molar-refractivity contribution in [3.63, 3.8) is 0 Å². The summed E-state index contributed by atoms with van der Waals surface area (Å²) in [5.74, 6) is 0. The standard InChI is InChI=1S/C12H17N3S2/c1-9(11-5-4-6-16-11)15(3)12-14-8-10(17-12)7-13-2/h4-6,8-9,13H,7H2,1-3H3. The molecule has 0 aliphatic heterocycles. The Balaban J connectivity index is 2.10. The van der Waals surface area contributed by atoms with Gasteiger partial charge in [0.2, 0.25) is 0 Å². The molecule has 2 aromatic heterocycles. The van der Waals surface area contributed by atoms with Crippen molar-refractivity contribution in [2.75, 3.05) is 19.0 Å². The van der Waals surface area contributed by atoms with E-state index >= 15 is 0 Å². The van der Waals surface area contributed by atoms with Gasteiger partial charge < -0.3 is 10.2 Å². The van der Waals surface area contributed by atoms with Gasteiger partial charge in [0.1, 0.15) is 0 Å². The Morgan fingerprint density at radius 2 is 2.35 bits per heavy atom. The average Bonchev–Trinajstić information content (AvgIpc) is 2.98. The van der Waals surface area contributed by atoms with E-state index < -0.39 is 0 Å². The van der Waals surface area contributed by atoms with Crippen molar-refractivity contribution >= 4 is 27.8 Å². The van der Waals surface area contributed by atoms with E-state index in [1.54, 1.807) is 22.7 Å². The molecule has 92 valence electrons. The van der Waals surface area contributed by atoms with Crippen molar-refractivity contribution in [2.45, 2.75) is 19.5 Å². The lowest BCUT2D eigenvalue weighted by Crippen LogP contribution is -2.20. The molecule has 0 saturated heterocycles. The van der Waals surface area contributed by atoms with Crippen LogP contribution < -0.4 is 10.2 Å². The van der Waals surface area contributed by atoms with Gasteiger partial charge in [-0.1, -0.05) is 6.07 Å². The van der Waals surface area contributed by atoms with Crippen LogP contribution in [0.5, 0.6) is 0 Å². The van der Waals surface area contributed by atoms with E-state index in [1.165, 1.54) is 9.75 Å². The van der Waals surface area contributed by atoms with Gasteiger partial charge in [0.15, 0.2) is 5.13 Å². The lowest BCUT2D eigenvalue weighted by Gasteiger charge is -2.23. The molecular formula is C12H17N3S2. The Kier molecular flexibility index (Phi) is 4.15. The van der Waals surface area contributed by atoms with E-state index in [9.17, 15) is 0 Å². The molecule has 5 heteroatoms. The van der Waals surface area contributed by atoms with E-state index in [0.29, 0.717) is 6.04 Å². The lowest BCUT2D eigenvalue weighted by molar-refractivity contribution is 0.751. The van der Waals surface area contributed by atoms with Crippen LogP contribution in [0.2, 0.25) is 0 Å². The third-order valence-corrected chi connectivity index (χ3v) is 4.86. The monoisotopic (exact) mass is 267 g/mol. The molecule has 0 radical (unpaired) electrons. The zero-order chi connectivity index (χ0) is 12.3. The molecule has 2 aromatic rings. The maximum Gasteiger partial charge on any atom is 0.185 e. The van der Waals surface area contributed by atoms with Gasteiger partial charge in [-0.3, -0.25) is 0 Å². The molecule has 2 rings (SSSR count). The smallest absolute Gasteiger partial charge is 0.185 e. The second-order valence-electron chi connectivity index (χ2n) is 3.94. The number of hydrogen-bond donors (Lipinski definition) is 1. The Hall–Kier alpha value is -0.910. The average molecular weight is 267 g/mol. The number of nitrogens with zero attached hydrogens (tertiary/aromatic N) is 2. The minimum Gasteiger partial charge on any atom is -0.344 e. The predicted octanol–water partition coefficient (Wildman–Crippen LogP) is 3.12. The van der Waals surface area contributed by atoms with E-state index in [1.807, 2.05) is 13.2 Å². The van der Waals surface area contributed by atoms with Gasteiger partial charge in [0.05, 0.1) is 6.04 Å². The van der Waals surface area contributed by atoms with Crippen LogP contribution in [-0.4, -0.2) is 19.1 Å². The zero-order valence-corrected chi connectivity index (χ0v) is 11.9. The molecule has 0 aliphatic carbocycles. The van der Waals surface area contributed by atoms with Gasteiger partial charge in [-0.15, -0.1) is 22.7 Å². The Morgan fingerprint density at radius 3 is 3.00 bits per heavy atom. The Labute approximate surface area is 110 Å². The lowest BCUT2D eigenvalue weighted by atomic mass is 10.2. The number of thiazole rings is 1. The molecule has 0 aliphatic rings. The molecule has 0 saturated carbocycles. The van der Waals surface area contributed by atoms with Crippen LogP contribution in [0.1, 0.15) is 22.7 Å². The first-order valence-electron chi connectivity index (χ1n) is 5.58. The van der Waals surface area contributed by atoms with Crippen LogP contribution in [-0.2, 0) is 6.54 Å². The number of aromatic nitrogens is 1. The minimum absolute atomic E-state index is 0.378. The van der Waals surface area contributed by atoms with Gasteiger partial charge >= 0.3 is 0 Å². The summed E-state index contributed by atoms with van der Waals surface area (Å²) >= 11 is 3.54. The zero-order valence-electron chi connectivity index (χ0n) is 10.3. The van der Waals surface area contributed by atoms with Gasteiger partial charge in [-0.25, -0.2) is 4.98 Å². The largest absolute Gasteiger partial charge is 0.344 e. The van der Waals surface area contributed by atoms with Gasteiger partial charge in [-0.2, -0.15) is 0 Å². The van der Waals surface area contributed by atoms with Gasteiger partial charge in [0.25, 0.3) is 0 Å². The summed E-state index contributed by atoms with van der Waals surface area (Å²) in [5.41, 5.74) is 0. The SMILES string of the molecule is CNCc1cnc(N(C)C(C)c2cccs2)s1. The maximum absolute atomic E-state index is 4.47. The molecule has 0 fully saturated rings. The molecule has 2 heterocycles. The maximum atomic E-state index is 4.47. The van der Waals surface area contributed by atoms with Crippen molar-refractivity contribution in [2.24, 2.45) is 0 Å². The molecule has 0 spiro atoms. The van der Waals surface area contributed by atoms with Crippen molar-refractivity contribution < 1.29 is 0 Å². The van der Waals surface area contributed by atoms with Gasteiger partial charge in [0, 0.05) is 29.5 Å². The fraction of sp³-hybridized carbons (Fsp3) is 0.417. The summed E-state index contributed by atoms with van der Waals surface area (Å²) in [6, 6.07) is 4.65. The molecule has 0 bridgehead atoms. The summed E-state index contributed by atoms with van der Waals surface area (Å²) in [7, 11) is 4.06. The summed E-state index contributed by atoms with van der Waals surface area (Å²) in [6.45, 7) is 3.10. The summed E-state index contributed by atoms with van der Waals surface area (Å²) in [5, 5.41) is 6.35. The first-order valence-corrected chi connectivity index (χ1v) is 7.27. The van der Waals surface area contributed by atoms with Crippen LogP contribution in [0, 0.1) is 0 Å². The third-order valence-electron chi connectivity index (χ3n) is 2.73. The fourth-order valence-electron chi connectivity index (χ4n) is 1.60. The van der Waals surface area contributed by atoms with Crippen molar-refractivity contribution in [3.8, 4) is 0 Å². The normalized spacial score (nSPS) is 12.6. The number of anilines is 1. The highest BCUT2D eigenvalue weighted by molar-refractivity contribution is 7.15. The second-order valence-corrected chi connectivity index (χ2v) is 6.01. The molecular weight excluding hydrogens is 250 g/mol. The van der Waals surface area contributed by atoms with E-state index in [0.717, 1.165) is 11.7 Å². The molecule has 1 N–H and O–H groups in total. The molecule has 1 unspecified atom stereocenters. The minimum atomic E-state index is 0.378. The predicted molar refractivity (Wildman–Crippen MR) is 76.0 cm³/mol. The van der Waals surface area contributed by atoms with E-state index in [-0.39, 0.29) is 0 Å². The first kappa shape index (κ1) is 12.5. The summed E-state index contributed by atoms with van der Waals surface area (Å²) in [4.78, 5) is 9.35. The topological polar surface area (TPSA) is 28.2 Å². The highest BCUT2D eigenvalue weighted by Gasteiger charge is 2.15. The van der Waals surface area contributed by atoms with Crippen molar-refractivity contribution in [1.82, 2.24) is 10.3 Å². The highest BCUT2D eigenvalue weighted by atomic mass is 32.1. The van der Waals surface area contributed by atoms with Crippen LogP contribution in [0.3, 0.4) is 0 Å². The number of nitrogens with one attached hydrogen (secondary N) is 1. The Bertz CT molecular complexity index is 450. The van der Waals surface area contributed by atoms with Crippen LogP contribution in [0.25, 0.3) is 0 Å². The molecule has 0 amide bonds. The van der Waals surface area contributed by atoms with Crippen LogP contribution in [0.4, 0.5) is 5.13 Å². The van der Waals surface area contributed by atoms with Crippen molar-refractivity contribution in [1.29, 1.82) is 0 Å². The number of thiophene rings is 1. The number of hydrogen-bond acceptors (Lipinski definition) is 5. The summed E-state index contributed by atoms with van der Waals surface area (Å²) in [6.07, 6.45) is 1.95. The molecule has 1 atom stereocenters. The Morgan fingerprint density at radius 1 is 1.53 bits per heavy atom. The van der Waals surface area contributed by atoms with E-state index in [4.69, 9.17) is 0 Å². The summed E-state index contributed by atoms with van der Waals surface area (Å²) < 4.78 is 0. The molecule has 0 aromatic carbocycles. The second kappa shape index (κ2) is 5.62. The first-order chi connectivity index (χ1) is 8.22. The quantitative estimate of drug-likeness (QED) is 0.902. The third kappa shape index (κ3) is 2.86. The fourth-order valence-corrected chi connectivity index (χ4v) is 3.39. The molecule has 17 heavy (non-hydrogen) atoms. The van der Waals surface area contributed by atoms with Crippen LogP contribution >= 0.6 is 22.7 Å². The molecule has 3 nitrogen and oxygen atoms in total. The van der Waals surface area contributed by atoms with E-state index in [2.05, 4.69) is 46.7 Å².